The Balaban J connectivity index is 1.40. The second-order valence-electron chi connectivity index (χ2n) is 7.09. The van der Waals surface area contributed by atoms with Crippen molar-refractivity contribution < 1.29 is 9.47 Å². The second-order valence-corrected chi connectivity index (χ2v) is 8.12. The average molecular weight is 385 g/mol. The van der Waals surface area contributed by atoms with Gasteiger partial charge in [-0.25, -0.2) is 9.97 Å². The monoisotopic (exact) mass is 385 g/mol. The van der Waals surface area contributed by atoms with Gasteiger partial charge in [-0.3, -0.25) is 4.90 Å². The standard InChI is InChI=1S/C19H23N5O2S/c1-13-4-18(23-19-22-8-17(6-20)27-19)21-7-15(13)5-14-9-24(2-3-25-10-14)16-11-26-12-16/h4,7-8,14,16H,2-3,5,9-12H2,1H3,(H,21,22,23)/t14-/m0/s1. The molecule has 142 valence electrons. The number of aromatic nitrogens is 2. The zero-order valence-corrected chi connectivity index (χ0v) is 16.2. The van der Waals surface area contributed by atoms with Crippen LogP contribution in [0.25, 0.3) is 0 Å². The molecular weight excluding hydrogens is 362 g/mol. The summed E-state index contributed by atoms with van der Waals surface area (Å²) < 4.78 is 11.2. The zero-order valence-electron chi connectivity index (χ0n) is 15.4. The van der Waals surface area contributed by atoms with E-state index in [1.807, 2.05) is 12.3 Å². The summed E-state index contributed by atoms with van der Waals surface area (Å²) in [6, 6.07) is 4.69. The Morgan fingerprint density at radius 3 is 2.89 bits per heavy atom. The summed E-state index contributed by atoms with van der Waals surface area (Å²) >= 11 is 1.32. The molecule has 4 rings (SSSR count). The van der Waals surface area contributed by atoms with E-state index in [4.69, 9.17) is 14.7 Å². The quantitative estimate of drug-likeness (QED) is 0.846. The summed E-state index contributed by atoms with van der Waals surface area (Å²) in [5, 5.41) is 12.8. The number of aryl methyl sites for hydroxylation is 1. The molecule has 0 bridgehead atoms. The first-order valence-corrected chi connectivity index (χ1v) is 10.0. The normalized spacial score (nSPS) is 21.3. The predicted molar refractivity (Wildman–Crippen MR) is 103 cm³/mol. The van der Waals surface area contributed by atoms with Gasteiger partial charge in [0.15, 0.2) is 5.13 Å². The molecule has 0 saturated carbocycles. The third-order valence-electron chi connectivity index (χ3n) is 5.08. The minimum Gasteiger partial charge on any atom is -0.380 e. The van der Waals surface area contributed by atoms with Crippen LogP contribution in [0.4, 0.5) is 10.9 Å². The van der Waals surface area contributed by atoms with Gasteiger partial charge in [0.2, 0.25) is 0 Å². The first kappa shape index (κ1) is 18.3. The summed E-state index contributed by atoms with van der Waals surface area (Å²) in [4.78, 5) is 11.8. The van der Waals surface area contributed by atoms with Crippen LogP contribution < -0.4 is 5.32 Å². The topological polar surface area (TPSA) is 83.3 Å². The smallest absolute Gasteiger partial charge is 0.189 e. The SMILES string of the molecule is Cc1cc(Nc2ncc(C#N)s2)ncc1C[C@@H]1COCCN(C2COC2)C1. The van der Waals surface area contributed by atoms with E-state index in [0.29, 0.717) is 22.0 Å². The molecule has 2 aromatic heterocycles. The maximum Gasteiger partial charge on any atom is 0.189 e. The first-order valence-electron chi connectivity index (χ1n) is 9.19. The van der Waals surface area contributed by atoms with Crippen molar-refractivity contribution in [3.63, 3.8) is 0 Å². The lowest BCUT2D eigenvalue weighted by atomic mass is 9.97. The Bertz CT molecular complexity index is 830. The van der Waals surface area contributed by atoms with E-state index in [2.05, 4.69) is 33.2 Å². The number of nitrogens with zero attached hydrogens (tertiary/aromatic N) is 4. The fourth-order valence-electron chi connectivity index (χ4n) is 3.47. The van der Waals surface area contributed by atoms with Gasteiger partial charge in [-0.1, -0.05) is 11.3 Å². The molecule has 0 spiro atoms. The van der Waals surface area contributed by atoms with Crippen molar-refractivity contribution >= 4 is 22.3 Å². The van der Waals surface area contributed by atoms with Crippen molar-refractivity contribution in [3.05, 3.63) is 34.5 Å². The van der Waals surface area contributed by atoms with Crippen LogP contribution in [-0.4, -0.2) is 60.4 Å². The molecule has 0 radical (unpaired) electrons. The van der Waals surface area contributed by atoms with Crippen LogP contribution in [0, 0.1) is 24.2 Å². The molecule has 2 fully saturated rings. The summed E-state index contributed by atoms with van der Waals surface area (Å²) in [5.41, 5.74) is 2.45. The molecule has 0 amide bonds. The molecular formula is C19H23N5O2S. The molecule has 0 aliphatic carbocycles. The fraction of sp³-hybridized carbons (Fsp3) is 0.526. The molecule has 0 aromatic carbocycles. The fourth-order valence-corrected chi connectivity index (χ4v) is 4.09. The van der Waals surface area contributed by atoms with Gasteiger partial charge in [0.05, 0.1) is 38.7 Å². The van der Waals surface area contributed by atoms with E-state index < -0.39 is 0 Å². The van der Waals surface area contributed by atoms with Gasteiger partial charge < -0.3 is 14.8 Å². The van der Waals surface area contributed by atoms with E-state index in [9.17, 15) is 0 Å². The van der Waals surface area contributed by atoms with Crippen molar-refractivity contribution in [2.24, 2.45) is 5.92 Å². The van der Waals surface area contributed by atoms with Crippen molar-refractivity contribution in [1.82, 2.24) is 14.9 Å². The third kappa shape index (κ3) is 4.45. The maximum absolute atomic E-state index is 8.90. The molecule has 1 N–H and O–H groups in total. The number of nitrogens with one attached hydrogen (secondary N) is 1. The van der Waals surface area contributed by atoms with Crippen LogP contribution in [0.2, 0.25) is 0 Å². The van der Waals surface area contributed by atoms with Gasteiger partial charge in [0.1, 0.15) is 16.8 Å². The minimum atomic E-state index is 0.463. The van der Waals surface area contributed by atoms with Gasteiger partial charge in [-0.2, -0.15) is 5.26 Å². The van der Waals surface area contributed by atoms with E-state index in [1.54, 1.807) is 6.20 Å². The second kappa shape index (κ2) is 8.31. The van der Waals surface area contributed by atoms with Gasteiger partial charge in [0, 0.05) is 19.3 Å². The highest BCUT2D eigenvalue weighted by molar-refractivity contribution is 7.16. The molecule has 2 aliphatic rings. The minimum absolute atomic E-state index is 0.463. The third-order valence-corrected chi connectivity index (χ3v) is 5.90. The molecule has 8 heteroatoms. The van der Waals surface area contributed by atoms with E-state index in [-0.39, 0.29) is 0 Å². The number of rotatable bonds is 5. The highest BCUT2D eigenvalue weighted by atomic mass is 32.1. The van der Waals surface area contributed by atoms with Crippen molar-refractivity contribution in [2.75, 3.05) is 44.8 Å². The largest absolute Gasteiger partial charge is 0.380 e. The van der Waals surface area contributed by atoms with Crippen LogP contribution in [0.3, 0.4) is 0 Å². The van der Waals surface area contributed by atoms with Gasteiger partial charge >= 0.3 is 0 Å². The number of pyridine rings is 1. The van der Waals surface area contributed by atoms with E-state index >= 15 is 0 Å². The number of nitriles is 1. The summed E-state index contributed by atoms with van der Waals surface area (Å²) in [6.45, 7) is 7.42. The number of ether oxygens (including phenoxy) is 2. The Morgan fingerprint density at radius 1 is 1.30 bits per heavy atom. The molecule has 2 saturated heterocycles. The molecule has 7 nitrogen and oxygen atoms in total. The average Bonchev–Trinajstić information content (AvgIpc) is 2.94. The summed E-state index contributed by atoms with van der Waals surface area (Å²) in [6.07, 6.45) is 4.47. The van der Waals surface area contributed by atoms with E-state index in [1.165, 1.54) is 22.5 Å². The van der Waals surface area contributed by atoms with Crippen molar-refractivity contribution in [2.45, 2.75) is 19.4 Å². The van der Waals surface area contributed by atoms with Gasteiger partial charge in [0.25, 0.3) is 0 Å². The van der Waals surface area contributed by atoms with E-state index in [0.717, 1.165) is 51.8 Å². The number of hydrogen-bond donors (Lipinski definition) is 1. The zero-order chi connectivity index (χ0) is 18.6. The number of anilines is 2. The molecule has 1 atom stereocenters. The molecule has 4 heterocycles. The number of thiazole rings is 1. The van der Waals surface area contributed by atoms with Gasteiger partial charge in [-0.15, -0.1) is 0 Å². The Kier molecular flexibility index (Phi) is 5.64. The molecule has 0 unspecified atom stereocenters. The van der Waals surface area contributed by atoms with Crippen LogP contribution >= 0.6 is 11.3 Å². The maximum atomic E-state index is 8.90. The number of hydrogen-bond acceptors (Lipinski definition) is 8. The lowest BCUT2D eigenvalue weighted by Crippen LogP contribution is -2.51. The lowest BCUT2D eigenvalue weighted by Gasteiger charge is -2.37. The Morgan fingerprint density at radius 2 is 2.19 bits per heavy atom. The Hall–Kier alpha value is -2.05. The van der Waals surface area contributed by atoms with Gasteiger partial charge in [-0.05, 0) is 36.5 Å². The lowest BCUT2D eigenvalue weighted by molar-refractivity contribution is -0.0667. The summed E-state index contributed by atoms with van der Waals surface area (Å²) in [5.74, 6) is 1.21. The summed E-state index contributed by atoms with van der Waals surface area (Å²) in [7, 11) is 0. The molecule has 2 aromatic rings. The Labute approximate surface area is 163 Å². The van der Waals surface area contributed by atoms with Crippen LogP contribution in [0.5, 0.6) is 0 Å². The first-order chi connectivity index (χ1) is 13.2. The van der Waals surface area contributed by atoms with Crippen LogP contribution in [-0.2, 0) is 15.9 Å². The molecule has 27 heavy (non-hydrogen) atoms. The van der Waals surface area contributed by atoms with Crippen LogP contribution in [0.1, 0.15) is 16.0 Å². The molecule has 2 aliphatic heterocycles. The van der Waals surface area contributed by atoms with Crippen LogP contribution in [0.15, 0.2) is 18.5 Å². The highest BCUT2D eigenvalue weighted by Gasteiger charge is 2.29. The predicted octanol–water partition coefficient (Wildman–Crippen LogP) is 2.35. The van der Waals surface area contributed by atoms with Crippen molar-refractivity contribution in [1.29, 1.82) is 5.26 Å². The highest BCUT2D eigenvalue weighted by Crippen LogP contribution is 2.24. The van der Waals surface area contributed by atoms with Crippen molar-refractivity contribution in [3.8, 4) is 6.07 Å².